The second-order valence-electron chi connectivity index (χ2n) is 4.50. The van der Waals surface area contributed by atoms with E-state index in [-0.39, 0.29) is 12.0 Å². The fraction of sp³-hybridized carbons (Fsp3) is 0.200. The Kier molecular flexibility index (Phi) is 3.14. The highest BCUT2D eigenvalue weighted by atomic mass is 16.5. The van der Waals surface area contributed by atoms with Crippen molar-refractivity contribution in [2.24, 2.45) is 0 Å². The first-order valence-electron chi connectivity index (χ1n) is 6.26. The number of carbonyl (C=O) groups is 1. The van der Waals surface area contributed by atoms with Crippen LogP contribution in [0.25, 0.3) is 0 Å². The maximum atomic E-state index is 11.9. The number of rotatable bonds is 3. The number of amides is 1. The maximum absolute atomic E-state index is 11.9. The lowest BCUT2D eigenvalue weighted by atomic mass is 10.1. The van der Waals surface area contributed by atoms with E-state index < -0.39 is 0 Å². The molecule has 0 saturated heterocycles. The summed E-state index contributed by atoms with van der Waals surface area (Å²) < 4.78 is 5.77. The molecule has 4 heteroatoms. The van der Waals surface area contributed by atoms with Gasteiger partial charge in [-0.2, -0.15) is 0 Å². The predicted molar refractivity (Wildman–Crippen MR) is 71.1 cm³/mol. The van der Waals surface area contributed by atoms with Gasteiger partial charge < -0.3 is 10.1 Å². The van der Waals surface area contributed by atoms with Gasteiger partial charge in [0.25, 0.3) is 5.91 Å². The number of benzene rings is 1. The van der Waals surface area contributed by atoms with Gasteiger partial charge in [-0.05, 0) is 23.8 Å². The summed E-state index contributed by atoms with van der Waals surface area (Å²) in [5.74, 6) is 0.826. The van der Waals surface area contributed by atoms with Gasteiger partial charge in [-0.1, -0.05) is 18.2 Å². The fourth-order valence-corrected chi connectivity index (χ4v) is 2.18. The molecule has 0 aliphatic carbocycles. The van der Waals surface area contributed by atoms with Gasteiger partial charge in [-0.25, -0.2) is 0 Å². The van der Waals surface area contributed by atoms with Crippen molar-refractivity contribution < 1.29 is 9.53 Å². The number of hydrogen-bond donors (Lipinski definition) is 1. The molecule has 0 saturated carbocycles. The zero-order chi connectivity index (χ0) is 13.1. The van der Waals surface area contributed by atoms with Crippen LogP contribution in [0.5, 0.6) is 5.75 Å². The van der Waals surface area contributed by atoms with Gasteiger partial charge in [0.15, 0.2) is 0 Å². The summed E-state index contributed by atoms with van der Waals surface area (Å²) in [6.45, 7) is 0.510. The molecule has 0 radical (unpaired) electrons. The van der Waals surface area contributed by atoms with E-state index in [4.69, 9.17) is 4.74 Å². The van der Waals surface area contributed by atoms with Gasteiger partial charge in [-0.15, -0.1) is 0 Å². The molecule has 2 aromatic rings. The van der Waals surface area contributed by atoms with Crippen LogP contribution in [0.4, 0.5) is 0 Å². The number of fused-ring (bicyclic) bond motifs is 1. The van der Waals surface area contributed by atoms with Gasteiger partial charge in [0, 0.05) is 24.4 Å². The molecule has 3 rings (SSSR count). The van der Waals surface area contributed by atoms with Crippen molar-refractivity contribution in [3.8, 4) is 5.75 Å². The molecule has 19 heavy (non-hydrogen) atoms. The lowest BCUT2D eigenvalue weighted by Gasteiger charge is -2.11. The van der Waals surface area contributed by atoms with Crippen LogP contribution in [0.2, 0.25) is 0 Å². The summed E-state index contributed by atoms with van der Waals surface area (Å²) in [6, 6.07) is 11.4. The van der Waals surface area contributed by atoms with E-state index in [1.807, 2.05) is 18.2 Å². The normalized spacial score (nSPS) is 16.5. The number of nitrogens with zero attached hydrogens (tertiary/aromatic N) is 1. The van der Waals surface area contributed by atoms with E-state index >= 15 is 0 Å². The van der Waals surface area contributed by atoms with E-state index in [0.29, 0.717) is 12.1 Å². The lowest BCUT2D eigenvalue weighted by Crippen LogP contribution is -2.34. The minimum Gasteiger partial charge on any atom is -0.488 e. The molecule has 0 spiro atoms. The van der Waals surface area contributed by atoms with Crippen molar-refractivity contribution in [3.05, 3.63) is 59.9 Å². The van der Waals surface area contributed by atoms with Crippen molar-refractivity contribution in [1.82, 2.24) is 10.3 Å². The van der Waals surface area contributed by atoms with Crippen molar-refractivity contribution >= 4 is 5.91 Å². The average molecular weight is 254 g/mol. The second-order valence-corrected chi connectivity index (χ2v) is 4.50. The third-order valence-corrected chi connectivity index (χ3v) is 3.15. The third-order valence-electron chi connectivity index (χ3n) is 3.15. The Balaban J connectivity index is 1.56. The number of carbonyl (C=O) groups excluding carboxylic acids is 1. The quantitative estimate of drug-likeness (QED) is 0.909. The van der Waals surface area contributed by atoms with E-state index in [2.05, 4.69) is 16.4 Å². The van der Waals surface area contributed by atoms with Gasteiger partial charge in [-0.3, -0.25) is 9.78 Å². The van der Waals surface area contributed by atoms with Crippen LogP contribution in [0, 0.1) is 0 Å². The minimum atomic E-state index is -0.0954. The van der Waals surface area contributed by atoms with E-state index in [0.717, 1.165) is 12.2 Å². The van der Waals surface area contributed by atoms with Crippen molar-refractivity contribution in [2.75, 3.05) is 6.54 Å². The van der Waals surface area contributed by atoms with Crippen molar-refractivity contribution in [1.29, 1.82) is 0 Å². The van der Waals surface area contributed by atoms with Crippen molar-refractivity contribution in [3.63, 3.8) is 0 Å². The number of ether oxygens (including phenoxy) is 1. The number of para-hydroxylation sites is 1. The van der Waals surface area contributed by atoms with E-state index in [1.54, 1.807) is 24.5 Å². The topological polar surface area (TPSA) is 51.2 Å². The SMILES string of the molecule is O=C(NC[C@H]1Cc2ccccc2O1)c1ccncc1. The highest BCUT2D eigenvalue weighted by Crippen LogP contribution is 2.27. The Labute approximate surface area is 111 Å². The Morgan fingerprint density at radius 2 is 2.05 bits per heavy atom. The molecule has 1 aliphatic rings. The van der Waals surface area contributed by atoms with Crippen LogP contribution >= 0.6 is 0 Å². The lowest BCUT2D eigenvalue weighted by molar-refractivity contribution is 0.0933. The van der Waals surface area contributed by atoms with Gasteiger partial charge in [0.1, 0.15) is 11.9 Å². The standard InChI is InChI=1S/C15H14N2O2/c18-15(11-5-7-16-8-6-11)17-10-13-9-12-3-1-2-4-14(12)19-13/h1-8,13H,9-10H2,(H,17,18)/t13-/m1/s1. The molecule has 1 aromatic carbocycles. The maximum Gasteiger partial charge on any atom is 0.251 e. The van der Waals surface area contributed by atoms with Crippen molar-refractivity contribution in [2.45, 2.75) is 12.5 Å². The molecule has 2 heterocycles. The molecule has 0 fully saturated rings. The highest BCUT2D eigenvalue weighted by molar-refractivity contribution is 5.93. The first kappa shape index (κ1) is 11.7. The van der Waals surface area contributed by atoms with Gasteiger partial charge in [0.2, 0.25) is 0 Å². The fourth-order valence-electron chi connectivity index (χ4n) is 2.18. The third kappa shape index (κ3) is 2.57. The molecule has 0 unspecified atom stereocenters. The smallest absolute Gasteiger partial charge is 0.251 e. The number of aromatic nitrogens is 1. The zero-order valence-electron chi connectivity index (χ0n) is 10.4. The van der Waals surface area contributed by atoms with Crippen LogP contribution < -0.4 is 10.1 Å². The largest absolute Gasteiger partial charge is 0.488 e. The molecule has 1 aromatic heterocycles. The molecule has 96 valence electrons. The average Bonchev–Trinajstić information content (AvgIpc) is 2.88. The summed E-state index contributed by atoms with van der Waals surface area (Å²) in [7, 11) is 0. The van der Waals surface area contributed by atoms with Crippen LogP contribution in [0.3, 0.4) is 0 Å². The number of pyridine rings is 1. The summed E-state index contributed by atoms with van der Waals surface area (Å²) in [6.07, 6.45) is 4.07. The molecule has 1 N–H and O–H groups in total. The summed E-state index contributed by atoms with van der Waals surface area (Å²) in [5, 5.41) is 2.88. The van der Waals surface area contributed by atoms with Crippen LogP contribution in [-0.2, 0) is 6.42 Å². The molecule has 4 nitrogen and oxygen atoms in total. The summed E-state index contributed by atoms with van der Waals surface area (Å²) >= 11 is 0. The summed E-state index contributed by atoms with van der Waals surface area (Å²) in [4.78, 5) is 15.8. The summed E-state index contributed by atoms with van der Waals surface area (Å²) in [5.41, 5.74) is 1.82. The van der Waals surface area contributed by atoms with Crippen LogP contribution in [-0.4, -0.2) is 23.5 Å². The molecule has 1 aliphatic heterocycles. The zero-order valence-corrected chi connectivity index (χ0v) is 10.4. The van der Waals surface area contributed by atoms with Crippen LogP contribution in [0.15, 0.2) is 48.8 Å². The number of hydrogen-bond acceptors (Lipinski definition) is 3. The number of nitrogens with one attached hydrogen (secondary N) is 1. The molecular formula is C15H14N2O2. The Morgan fingerprint density at radius 1 is 1.26 bits per heavy atom. The van der Waals surface area contributed by atoms with Crippen LogP contribution in [0.1, 0.15) is 15.9 Å². The molecular weight excluding hydrogens is 240 g/mol. The first-order valence-corrected chi connectivity index (χ1v) is 6.26. The van der Waals surface area contributed by atoms with Gasteiger partial charge in [0.05, 0.1) is 6.54 Å². The predicted octanol–water partition coefficient (Wildman–Crippen LogP) is 1.82. The Hall–Kier alpha value is -2.36. The van der Waals surface area contributed by atoms with E-state index in [1.165, 1.54) is 5.56 Å². The Morgan fingerprint density at radius 3 is 2.84 bits per heavy atom. The monoisotopic (exact) mass is 254 g/mol. The minimum absolute atomic E-state index is 0.0168. The Bertz CT molecular complexity index is 559. The van der Waals surface area contributed by atoms with Gasteiger partial charge >= 0.3 is 0 Å². The molecule has 1 atom stereocenters. The highest BCUT2D eigenvalue weighted by Gasteiger charge is 2.22. The molecule has 1 amide bonds. The second kappa shape index (κ2) is 5.10. The molecule has 0 bridgehead atoms. The van der Waals surface area contributed by atoms with E-state index in [9.17, 15) is 4.79 Å². The first-order chi connectivity index (χ1) is 9.33.